The van der Waals surface area contributed by atoms with Crippen LogP contribution >= 0.6 is 0 Å². The summed E-state index contributed by atoms with van der Waals surface area (Å²) in [4.78, 5) is 16.2. The minimum absolute atomic E-state index is 0.330. The summed E-state index contributed by atoms with van der Waals surface area (Å²) < 4.78 is 10.00. The zero-order chi connectivity index (χ0) is 20.9. The molecule has 1 aromatic heterocycles. The smallest absolute Gasteiger partial charge is 0.337 e. The highest BCUT2D eigenvalue weighted by molar-refractivity contribution is 5.90. The minimum atomic E-state index is -0.330. The van der Waals surface area contributed by atoms with Gasteiger partial charge < -0.3 is 9.47 Å². The van der Waals surface area contributed by atoms with Crippen LogP contribution in [0.4, 0.5) is 0 Å². The van der Waals surface area contributed by atoms with Crippen molar-refractivity contribution in [3.05, 3.63) is 95.7 Å². The first-order valence-corrected chi connectivity index (χ1v) is 9.58. The predicted molar refractivity (Wildman–Crippen MR) is 120 cm³/mol. The van der Waals surface area contributed by atoms with Crippen LogP contribution in [0.3, 0.4) is 0 Å². The molecule has 0 aliphatic carbocycles. The van der Waals surface area contributed by atoms with E-state index in [1.807, 2.05) is 54.6 Å². The van der Waals surface area contributed by atoms with E-state index in [4.69, 9.17) is 9.47 Å². The Morgan fingerprint density at radius 2 is 1.50 bits per heavy atom. The van der Waals surface area contributed by atoms with E-state index in [0.29, 0.717) is 5.56 Å². The maximum absolute atomic E-state index is 11.6. The van der Waals surface area contributed by atoms with Crippen molar-refractivity contribution < 1.29 is 14.3 Å². The first-order valence-electron chi connectivity index (χ1n) is 9.58. The van der Waals surface area contributed by atoms with E-state index in [1.165, 1.54) is 7.11 Å². The van der Waals surface area contributed by atoms with Gasteiger partial charge in [-0.15, -0.1) is 0 Å². The molecule has 0 saturated heterocycles. The van der Waals surface area contributed by atoms with Crippen LogP contribution < -0.4 is 4.74 Å². The van der Waals surface area contributed by atoms with E-state index < -0.39 is 0 Å². The largest absolute Gasteiger partial charge is 0.497 e. The highest BCUT2D eigenvalue weighted by Crippen LogP contribution is 2.22. The van der Waals surface area contributed by atoms with E-state index in [9.17, 15) is 4.79 Å². The lowest BCUT2D eigenvalue weighted by Crippen LogP contribution is -2.00. The summed E-state index contributed by atoms with van der Waals surface area (Å²) in [6.45, 7) is 0. The van der Waals surface area contributed by atoms with Crippen LogP contribution in [-0.4, -0.2) is 25.2 Å². The third kappa shape index (κ3) is 4.23. The lowest BCUT2D eigenvalue weighted by molar-refractivity contribution is 0.0601. The van der Waals surface area contributed by atoms with Crippen LogP contribution in [-0.2, 0) is 4.74 Å². The molecular weight excluding hydrogens is 374 g/mol. The molecule has 0 N–H and O–H groups in total. The molecular formula is C26H21NO3. The van der Waals surface area contributed by atoms with Gasteiger partial charge in [-0.3, -0.25) is 0 Å². The van der Waals surface area contributed by atoms with Crippen LogP contribution in [0.5, 0.6) is 5.75 Å². The number of hydrogen-bond acceptors (Lipinski definition) is 4. The normalized spacial score (nSPS) is 11.0. The van der Waals surface area contributed by atoms with Crippen molar-refractivity contribution in [2.45, 2.75) is 0 Å². The molecule has 0 aliphatic rings. The van der Waals surface area contributed by atoms with E-state index >= 15 is 0 Å². The van der Waals surface area contributed by atoms with Gasteiger partial charge in [-0.05, 0) is 59.2 Å². The number of fused-ring (bicyclic) bond motifs is 1. The van der Waals surface area contributed by atoms with Crippen molar-refractivity contribution in [2.75, 3.05) is 14.2 Å². The van der Waals surface area contributed by atoms with Gasteiger partial charge in [0.15, 0.2) is 0 Å². The molecule has 0 unspecified atom stereocenters. The van der Waals surface area contributed by atoms with Gasteiger partial charge >= 0.3 is 5.97 Å². The molecule has 0 atom stereocenters. The second-order valence-corrected chi connectivity index (χ2v) is 6.82. The van der Waals surface area contributed by atoms with E-state index in [2.05, 4.69) is 29.2 Å². The third-order valence-electron chi connectivity index (χ3n) is 4.91. The van der Waals surface area contributed by atoms with Crippen molar-refractivity contribution in [1.29, 1.82) is 0 Å². The second-order valence-electron chi connectivity index (χ2n) is 6.82. The number of pyridine rings is 1. The molecule has 0 amide bonds. The van der Waals surface area contributed by atoms with Crippen molar-refractivity contribution in [3.63, 3.8) is 0 Å². The zero-order valence-corrected chi connectivity index (χ0v) is 16.8. The number of aromatic nitrogens is 1. The Labute approximate surface area is 175 Å². The molecule has 148 valence electrons. The lowest BCUT2D eigenvalue weighted by atomic mass is 10.0. The van der Waals surface area contributed by atoms with Crippen LogP contribution in [0.25, 0.3) is 34.2 Å². The number of ether oxygens (including phenoxy) is 2. The highest BCUT2D eigenvalue weighted by Gasteiger charge is 2.05. The quantitative estimate of drug-likeness (QED) is 0.397. The fourth-order valence-corrected chi connectivity index (χ4v) is 3.22. The first kappa shape index (κ1) is 19.4. The van der Waals surface area contributed by atoms with Crippen molar-refractivity contribution >= 4 is 29.0 Å². The number of rotatable bonds is 5. The molecule has 4 nitrogen and oxygen atoms in total. The topological polar surface area (TPSA) is 48.4 Å². The molecule has 3 aromatic carbocycles. The van der Waals surface area contributed by atoms with Gasteiger partial charge in [0.25, 0.3) is 0 Å². The van der Waals surface area contributed by atoms with Crippen LogP contribution in [0.15, 0.2) is 78.9 Å². The Kier molecular flexibility index (Phi) is 5.57. The average Bonchev–Trinajstić information content (AvgIpc) is 2.82. The number of nitrogens with zero attached hydrogens (tertiary/aromatic N) is 1. The van der Waals surface area contributed by atoms with E-state index in [0.717, 1.165) is 39.0 Å². The Hall–Kier alpha value is -3.92. The van der Waals surface area contributed by atoms with E-state index in [1.54, 1.807) is 19.2 Å². The summed E-state index contributed by atoms with van der Waals surface area (Å²) in [5, 5.41) is 1.05. The Morgan fingerprint density at radius 3 is 2.17 bits per heavy atom. The number of esters is 1. The number of carbonyl (C=O) groups excluding carboxylic acids is 1. The number of hydrogen-bond donors (Lipinski definition) is 0. The molecule has 0 bridgehead atoms. The monoisotopic (exact) mass is 395 g/mol. The fourth-order valence-electron chi connectivity index (χ4n) is 3.22. The SMILES string of the molecule is COC(=O)c1ccc(-c2ccc(C=Cc3ccc4cc(OC)ccc4n3)cc2)cc1. The molecule has 4 aromatic rings. The van der Waals surface area contributed by atoms with E-state index in [-0.39, 0.29) is 5.97 Å². The molecule has 30 heavy (non-hydrogen) atoms. The van der Waals surface area contributed by atoms with Gasteiger partial charge in [-0.1, -0.05) is 48.5 Å². The zero-order valence-electron chi connectivity index (χ0n) is 16.8. The molecule has 1 heterocycles. The average molecular weight is 395 g/mol. The molecule has 0 aliphatic heterocycles. The summed E-state index contributed by atoms with van der Waals surface area (Å²) in [7, 11) is 3.04. The summed E-state index contributed by atoms with van der Waals surface area (Å²) >= 11 is 0. The van der Waals surface area contributed by atoms with Crippen molar-refractivity contribution in [1.82, 2.24) is 4.98 Å². The van der Waals surface area contributed by atoms with Crippen LogP contribution in [0, 0.1) is 0 Å². The van der Waals surface area contributed by atoms with Gasteiger partial charge in [0, 0.05) is 5.39 Å². The Balaban J connectivity index is 1.49. The van der Waals surface area contributed by atoms with Crippen LogP contribution in [0.2, 0.25) is 0 Å². The maximum atomic E-state index is 11.6. The predicted octanol–water partition coefficient (Wildman–Crippen LogP) is 5.87. The summed E-state index contributed by atoms with van der Waals surface area (Å²) in [6.07, 6.45) is 4.05. The molecule has 0 spiro atoms. The molecule has 4 heteroatoms. The number of benzene rings is 3. The minimum Gasteiger partial charge on any atom is -0.497 e. The number of carbonyl (C=O) groups is 1. The van der Waals surface area contributed by atoms with Gasteiger partial charge in [0.1, 0.15) is 5.75 Å². The molecule has 0 saturated carbocycles. The third-order valence-corrected chi connectivity index (χ3v) is 4.91. The Morgan fingerprint density at radius 1 is 0.800 bits per heavy atom. The summed E-state index contributed by atoms with van der Waals surface area (Å²) in [5.74, 6) is 0.496. The van der Waals surface area contributed by atoms with Gasteiger partial charge in [0.05, 0.1) is 31.0 Å². The maximum Gasteiger partial charge on any atom is 0.337 e. The molecule has 4 rings (SSSR count). The Bertz CT molecular complexity index is 1210. The van der Waals surface area contributed by atoms with Crippen LogP contribution in [0.1, 0.15) is 21.6 Å². The standard InChI is InChI=1S/C26H21NO3/c1-29-24-15-16-25-22(17-24)12-14-23(27-25)13-5-18-3-6-19(7-4-18)20-8-10-21(11-9-20)26(28)30-2/h3-17H,1-2H3. The highest BCUT2D eigenvalue weighted by atomic mass is 16.5. The van der Waals surface area contributed by atoms with Crippen molar-refractivity contribution in [3.8, 4) is 16.9 Å². The molecule has 0 fully saturated rings. The summed E-state index contributed by atoms with van der Waals surface area (Å²) in [6, 6.07) is 25.5. The fraction of sp³-hybridized carbons (Fsp3) is 0.0769. The first-order chi connectivity index (χ1) is 14.7. The molecule has 0 radical (unpaired) electrons. The van der Waals surface area contributed by atoms with Gasteiger partial charge in [0.2, 0.25) is 0 Å². The van der Waals surface area contributed by atoms with Crippen molar-refractivity contribution in [2.24, 2.45) is 0 Å². The van der Waals surface area contributed by atoms with Gasteiger partial charge in [-0.25, -0.2) is 9.78 Å². The second kappa shape index (κ2) is 8.62. The summed E-state index contributed by atoms with van der Waals surface area (Å²) in [5.41, 5.74) is 5.59. The number of methoxy groups -OCH3 is 2. The lowest BCUT2D eigenvalue weighted by Gasteiger charge is -2.04. The van der Waals surface area contributed by atoms with Gasteiger partial charge in [-0.2, -0.15) is 0 Å².